The summed E-state index contributed by atoms with van der Waals surface area (Å²) >= 11 is 0. The van der Waals surface area contributed by atoms with E-state index < -0.39 is 11.9 Å². The monoisotopic (exact) mass is 354 g/mol. The second kappa shape index (κ2) is 13.2. The Morgan fingerprint density at radius 1 is 0.947 bits per heavy atom. The third-order valence-electron chi connectivity index (χ3n) is 1.74. The fraction of sp³-hybridized carbons (Fsp3) is 0.429. The van der Waals surface area contributed by atoms with Crippen molar-refractivity contribution in [1.82, 2.24) is 0 Å². The molecule has 0 amide bonds. The maximum atomic E-state index is 8.89. The molecule has 0 aromatic heterocycles. The molecule has 19 heavy (non-hydrogen) atoms. The van der Waals surface area contributed by atoms with E-state index in [1.54, 1.807) is 0 Å². The Kier molecular flexibility index (Phi) is 15.9. The molecule has 0 radical (unpaired) electrons. The summed E-state index contributed by atoms with van der Waals surface area (Å²) in [6, 6.07) is 8.71. The van der Waals surface area contributed by atoms with Gasteiger partial charge in [-0.3, -0.25) is 0 Å². The van der Waals surface area contributed by atoms with Gasteiger partial charge < -0.3 is 19.8 Å². The van der Waals surface area contributed by atoms with E-state index >= 15 is 0 Å². The van der Waals surface area contributed by atoms with E-state index in [0.717, 1.165) is 13.8 Å². The first-order valence-corrected chi connectivity index (χ1v) is 5.58. The molecule has 0 spiro atoms. The summed E-state index contributed by atoms with van der Waals surface area (Å²) in [6.07, 6.45) is 0. The van der Waals surface area contributed by atoms with Gasteiger partial charge in [0, 0.05) is 11.9 Å². The number of rotatable bonds is 1. The van der Waals surface area contributed by atoms with Gasteiger partial charge in [0.15, 0.2) is 0 Å². The fourth-order valence-corrected chi connectivity index (χ4v) is 0.951. The van der Waals surface area contributed by atoms with E-state index in [0.29, 0.717) is 5.92 Å². The number of carboxylic acids is 2. The first-order chi connectivity index (χ1) is 8.16. The first-order valence-electron chi connectivity index (χ1n) is 5.58. The van der Waals surface area contributed by atoms with Crippen LogP contribution in [-0.4, -0.2) is 11.9 Å². The minimum Gasteiger partial charge on any atom is -0.550 e. The summed E-state index contributed by atoms with van der Waals surface area (Å²) < 4.78 is 0. The van der Waals surface area contributed by atoms with Gasteiger partial charge in [-0.05, 0) is 32.3 Å². The van der Waals surface area contributed by atoms with Gasteiger partial charge in [-0.2, -0.15) is 0 Å². The Morgan fingerprint density at radius 3 is 1.42 bits per heavy atom. The van der Waals surface area contributed by atoms with Crippen LogP contribution >= 0.6 is 0 Å². The third-order valence-corrected chi connectivity index (χ3v) is 1.74. The molecule has 0 bridgehead atoms. The number of carboxylic acid groups (broad SMARTS) is 2. The zero-order valence-electron chi connectivity index (χ0n) is 11.9. The van der Waals surface area contributed by atoms with Crippen molar-refractivity contribution >= 4 is 11.9 Å². The molecule has 0 saturated heterocycles. The minimum atomic E-state index is -1.08. The average molecular weight is 353 g/mol. The smallest absolute Gasteiger partial charge is 0.550 e. The molecular weight excluding hydrogens is 333 g/mol. The number of benzene rings is 1. The van der Waals surface area contributed by atoms with Crippen LogP contribution < -0.4 is 10.2 Å². The number of aliphatic carboxylic acids is 2. The van der Waals surface area contributed by atoms with E-state index in [1.807, 2.05) is 0 Å². The molecule has 1 aromatic rings. The zero-order chi connectivity index (χ0) is 14.7. The van der Waals surface area contributed by atoms with Gasteiger partial charge in [0.05, 0.1) is 0 Å². The van der Waals surface area contributed by atoms with Gasteiger partial charge in [-0.1, -0.05) is 43.7 Å². The first kappa shape index (κ1) is 22.9. The summed E-state index contributed by atoms with van der Waals surface area (Å²) in [5.74, 6) is -1.51. The van der Waals surface area contributed by atoms with Crippen LogP contribution in [0, 0.1) is 6.92 Å². The molecule has 0 N–H and O–H groups in total. The van der Waals surface area contributed by atoms with Crippen LogP contribution in [0.15, 0.2) is 24.3 Å². The average Bonchev–Trinajstić information content (AvgIpc) is 2.16. The predicted octanol–water partition coefficient (Wildman–Crippen LogP) is 0.628. The molecule has 5 heteroatoms. The van der Waals surface area contributed by atoms with Crippen LogP contribution in [-0.2, 0) is 29.1 Å². The predicted molar refractivity (Wildman–Crippen MR) is 66.6 cm³/mol. The zero-order valence-corrected chi connectivity index (χ0v) is 13.6. The van der Waals surface area contributed by atoms with E-state index in [-0.39, 0.29) is 19.5 Å². The van der Waals surface area contributed by atoms with Crippen LogP contribution in [0.3, 0.4) is 0 Å². The van der Waals surface area contributed by atoms with Crippen molar-refractivity contribution in [3.05, 3.63) is 35.4 Å². The van der Waals surface area contributed by atoms with E-state index in [2.05, 4.69) is 45.0 Å². The maximum absolute atomic E-state index is 8.89. The molecule has 1 aromatic carbocycles. The van der Waals surface area contributed by atoms with E-state index in [9.17, 15) is 0 Å². The van der Waals surface area contributed by atoms with Crippen LogP contribution in [0.2, 0.25) is 0 Å². The molecule has 0 saturated carbocycles. The van der Waals surface area contributed by atoms with E-state index in [4.69, 9.17) is 19.8 Å². The summed E-state index contributed by atoms with van der Waals surface area (Å²) in [6.45, 7) is 8.49. The van der Waals surface area contributed by atoms with Crippen LogP contribution in [0.1, 0.15) is 44.7 Å². The van der Waals surface area contributed by atoms with Crippen molar-refractivity contribution in [2.45, 2.75) is 40.5 Å². The number of hydrogen-bond donors (Lipinski definition) is 0. The Bertz CT molecular complexity index is 338. The van der Waals surface area contributed by atoms with Gasteiger partial charge in [0.25, 0.3) is 0 Å². The SMILES string of the molecule is CC(=O)[O-].CC(=O)[O-].Cc1ccc(C(C)C)cc1.[Ru+2]. The Labute approximate surface area is 127 Å². The summed E-state index contributed by atoms with van der Waals surface area (Å²) in [4.78, 5) is 17.8. The molecule has 108 valence electrons. The van der Waals surface area contributed by atoms with Crippen molar-refractivity contribution in [2.24, 2.45) is 0 Å². The standard InChI is InChI=1S/C10H14.2C2H4O2.Ru/c1-8(2)10-6-4-9(3)5-7-10;2*1-2(3)4;/h4-8H,1-3H3;2*1H3,(H,3,4);/q;;;+2/p-2. The van der Waals surface area contributed by atoms with Gasteiger partial charge >= 0.3 is 19.5 Å². The third kappa shape index (κ3) is 22.4. The molecule has 0 atom stereocenters. The molecule has 0 heterocycles. The summed E-state index contributed by atoms with van der Waals surface area (Å²) in [7, 11) is 0. The maximum Gasteiger partial charge on any atom is 2.00 e. The van der Waals surface area contributed by atoms with Crippen LogP contribution in [0.4, 0.5) is 0 Å². The van der Waals surface area contributed by atoms with E-state index in [1.165, 1.54) is 11.1 Å². The Balaban J connectivity index is -0.000000242. The van der Waals surface area contributed by atoms with Crippen molar-refractivity contribution in [1.29, 1.82) is 0 Å². The molecule has 0 aliphatic carbocycles. The molecule has 0 fully saturated rings. The number of aryl methyl sites for hydroxylation is 1. The number of carbonyl (C=O) groups excluding carboxylic acids is 2. The van der Waals surface area contributed by atoms with Gasteiger partial charge in [0.1, 0.15) is 0 Å². The molecule has 0 aliphatic rings. The number of carbonyl (C=O) groups is 2. The van der Waals surface area contributed by atoms with Gasteiger partial charge in [-0.15, -0.1) is 0 Å². The molecule has 1 rings (SSSR count). The molecule has 0 unspecified atom stereocenters. The van der Waals surface area contributed by atoms with Crippen molar-refractivity contribution in [2.75, 3.05) is 0 Å². The second-order valence-electron chi connectivity index (χ2n) is 4.05. The van der Waals surface area contributed by atoms with Gasteiger partial charge in [-0.25, -0.2) is 0 Å². The van der Waals surface area contributed by atoms with Crippen LogP contribution in [0.25, 0.3) is 0 Å². The minimum absolute atomic E-state index is 0. The summed E-state index contributed by atoms with van der Waals surface area (Å²) in [5, 5.41) is 17.8. The normalized spacial score (nSPS) is 8.11. The molecule has 4 nitrogen and oxygen atoms in total. The van der Waals surface area contributed by atoms with Crippen molar-refractivity contribution in [3.8, 4) is 0 Å². The number of hydrogen-bond acceptors (Lipinski definition) is 4. The Hall–Kier alpha value is -1.22. The molecular formula is C14H20O4Ru. The van der Waals surface area contributed by atoms with Gasteiger partial charge in [0.2, 0.25) is 0 Å². The van der Waals surface area contributed by atoms with Crippen molar-refractivity contribution in [3.63, 3.8) is 0 Å². The Morgan fingerprint density at radius 2 is 1.21 bits per heavy atom. The van der Waals surface area contributed by atoms with Crippen LogP contribution in [0.5, 0.6) is 0 Å². The summed E-state index contributed by atoms with van der Waals surface area (Å²) in [5.41, 5.74) is 2.76. The second-order valence-corrected chi connectivity index (χ2v) is 4.05. The largest absolute Gasteiger partial charge is 2.00 e. The van der Waals surface area contributed by atoms with Crippen molar-refractivity contribution < 1.29 is 39.3 Å². The molecule has 0 aliphatic heterocycles. The quantitative estimate of drug-likeness (QED) is 0.694. The topological polar surface area (TPSA) is 80.3 Å². The fourth-order valence-electron chi connectivity index (χ4n) is 0.951.